The van der Waals surface area contributed by atoms with E-state index in [0.717, 1.165) is 11.1 Å². The Kier molecular flexibility index (Phi) is 3.26. The summed E-state index contributed by atoms with van der Waals surface area (Å²) in [7, 11) is 0. The average Bonchev–Trinajstić information content (AvgIpc) is 2.96. The Morgan fingerprint density at radius 1 is 1.00 bits per heavy atom. The van der Waals surface area contributed by atoms with Crippen LogP contribution in [0.5, 0.6) is 0 Å². The molecule has 1 unspecified atom stereocenters. The molecule has 20 heavy (non-hydrogen) atoms. The van der Waals surface area contributed by atoms with Crippen molar-refractivity contribution in [1.82, 2.24) is 10.6 Å². The van der Waals surface area contributed by atoms with Gasteiger partial charge in [-0.25, -0.2) is 4.79 Å². The Bertz CT molecular complexity index is 559. The number of carboxylic acid groups (broad SMARTS) is 1. The van der Waals surface area contributed by atoms with Crippen molar-refractivity contribution in [2.24, 2.45) is 0 Å². The lowest BCUT2D eigenvalue weighted by Crippen LogP contribution is -2.46. The minimum atomic E-state index is -0.890. The fraction of sp³-hybridized carbons (Fsp3) is 0.188. The summed E-state index contributed by atoms with van der Waals surface area (Å²) in [6.45, 7) is 0.540. The number of carboxylic acids is 1. The van der Waals surface area contributed by atoms with Crippen LogP contribution in [0.1, 0.15) is 11.1 Å². The second-order valence-electron chi connectivity index (χ2n) is 4.93. The van der Waals surface area contributed by atoms with Crippen LogP contribution in [0, 0.1) is 0 Å². The van der Waals surface area contributed by atoms with E-state index in [1.165, 1.54) is 0 Å². The smallest absolute Gasteiger partial charge is 0.335 e. The summed E-state index contributed by atoms with van der Waals surface area (Å²) in [5, 5.41) is 15.5. The zero-order chi connectivity index (χ0) is 14.0. The summed E-state index contributed by atoms with van der Waals surface area (Å²) >= 11 is 0. The molecule has 0 aromatic heterocycles. The number of nitrogens with one attached hydrogen (secondary N) is 2. The molecule has 1 aliphatic rings. The summed E-state index contributed by atoms with van der Waals surface area (Å²) in [6, 6.07) is 19.9. The van der Waals surface area contributed by atoms with E-state index < -0.39 is 17.7 Å². The highest BCUT2D eigenvalue weighted by Gasteiger charge is 2.43. The molecule has 2 aromatic rings. The number of benzene rings is 2. The minimum absolute atomic E-state index is 0.508. The molecule has 3 rings (SSSR count). The van der Waals surface area contributed by atoms with Gasteiger partial charge in [0.2, 0.25) is 0 Å². The van der Waals surface area contributed by atoms with Crippen LogP contribution in [-0.4, -0.2) is 23.8 Å². The number of rotatable bonds is 3. The minimum Gasteiger partial charge on any atom is -0.479 e. The monoisotopic (exact) mass is 268 g/mol. The highest BCUT2D eigenvalue weighted by molar-refractivity contribution is 5.74. The van der Waals surface area contributed by atoms with Gasteiger partial charge in [-0.2, -0.15) is 0 Å². The van der Waals surface area contributed by atoms with Crippen molar-refractivity contribution in [3.8, 4) is 0 Å². The molecule has 4 nitrogen and oxygen atoms in total. The van der Waals surface area contributed by atoms with Crippen molar-refractivity contribution in [3.63, 3.8) is 0 Å². The van der Waals surface area contributed by atoms with Gasteiger partial charge in [0.25, 0.3) is 0 Å². The largest absolute Gasteiger partial charge is 0.479 e. The predicted octanol–water partition coefficient (Wildman–Crippen LogP) is 1.53. The number of hydrogen-bond acceptors (Lipinski definition) is 3. The van der Waals surface area contributed by atoms with Gasteiger partial charge >= 0.3 is 5.97 Å². The second-order valence-corrected chi connectivity index (χ2v) is 4.93. The zero-order valence-electron chi connectivity index (χ0n) is 10.9. The maximum atomic E-state index is 11.2. The maximum absolute atomic E-state index is 11.2. The molecule has 102 valence electrons. The SMILES string of the molecule is O=C(O)C1NCC(c2ccccc2)(c2ccccc2)N1. The van der Waals surface area contributed by atoms with E-state index in [2.05, 4.69) is 10.6 Å². The van der Waals surface area contributed by atoms with E-state index in [1.807, 2.05) is 60.7 Å². The Morgan fingerprint density at radius 2 is 1.50 bits per heavy atom. The molecule has 0 radical (unpaired) electrons. The molecule has 0 saturated carbocycles. The van der Waals surface area contributed by atoms with Gasteiger partial charge in [0, 0.05) is 6.54 Å². The van der Waals surface area contributed by atoms with Crippen LogP contribution in [0.15, 0.2) is 60.7 Å². The second kappa shape index (κ2) is 5.07. The van der Waals surface area contributed by atoms with Crippen LogP contribution in [0.4, 0.5) is 0 Å². The number of aliphatic carboxylic acids is 1. The van der Waals surface area contributed by atoms with Gasteiger partial charge in [-0.15, -0.1) is 0 Å². The third-order valence-corrected chi connectivity index (χ3v) is 3.74. The molecular formula is C16H16N2O2. The first-order chi connectivity index (χ1) is 9.72. The van der Waals surface area contributed by atoms with Crippen LogP contribution in [0.3, 0.4) is 0 Å². The average molecular weight is 268 g/mol. The normalized spacial score (nSPS) is 20.7. The van der Waals surface area contributed by atoms with Crippen LogP contribution in [-0.2, 0) is 10.3 Å². The van der Waals surface area contributed by atoms with E-state index in [9.17, 15) is 9.90 Å². The van der Waals surface area contributed by atoms with Crippen molar-refractivity contribution in [2.75, 3.05) is 6.54 Å². The topological polar surface area (TPSA) is 61.4 Å². The highest BCUT2D eigenvalue weighted by Crippen LogP contribution is 2.32. The summed E-state index contributed by atoms with van der Waals surface area (Å²) in [5.74, 6) is -0.890. The number of carbonyl (C=O) groups is 1. The lowest BCUT2D eigenvalue weighted by Gasteiger charge is -2.30. The summed E-state index contributed by atoms with van der Waals surface area (Å²) in [4.78, 5) is 11.2. The lowest BCUT2D eigenvalue weighted by molar-refractivity contribution is -0.139. The molecule has 0 bridgehead atoms. The third kappa shape index (κ3) is 2.09. The zero-order valence-corrected chi connectivity index (χ0v) is 10.9. The van der Waals surface area contributed by atoms with Crippen molar-refractivity contribution < 1.29 is 9.90 Å². The fourth-order valence-electron chi connectivity index (χ4n) is 2.74. The molecule has 1 fully saturated rings. The van der Waals surface area contributed by atoms with E-state index >= 15 is 0 Å². The molecule has 2 aromatic carbocycles. The van der Waals surface area contributed by atoms with Gasteiger partial charge in [-0.1, -0.05) is 60.7 Å². The first-order valence-corrected chi connectivity index (χ1v) is 6.57. The van der Waals surface area contributed by atoms with Crippen LogP contribution >= 0.6 is 0 Å². The predicted molar refractivity (Wildman–Crippen MR) is 76.2 cm³/mol. The summed E-state index contributed by atoms with van der Waals surface area (Å²) in [5.41, 5.74) is 1.61. The summed E-state index contributed by atoms with van der Waals surface area (Å²) < 4.78 is 0. The maximum Gasteiger partial charge on any atom is 0.335 e. The molecule has 1 aliphatic heterocycles. The molecule has 1 heterocycles. The molecule has 4 heteroatoms. The quantitative estimate of drug-likeness (QED) is 0.790. The first kappa shape index (κ1) is 12.8. The van der Waals surface area contributed by atoms with Gasteiger partial charge in [-0.05, 0) is 11.1 Å². The van der Waals surface area contributed by atoms with Crippen LogP contribution in [0.2, 0.25) is 0 Å². The molecule has 1 atom stereocenters. The van der Waals surface area contributed by atoms with Gasteiger partial charge in [0.05, 0.1) is 5.54 Å². The lowest BCUT2D eigenvalue weighted by atomic mass is 9.83. The van der Waals surface area contributed by atoms with Crippen LogP contribution in [0.25, 0.3) is 0 Å². The Hall–Kier alpha value is -2.17. The first-order valence-electron chi connectivity index (χ1n) is 6.57. The van der Waals surface area contributed by atoms with Gasteiger partial charge in [-0.3, -0.25) is 10.6 Å². The van der Waals surface area contributed by atoms with Crippen molar-refractivity contribution >= 4 is 5.97 Å². The third-order valence-electron chi connectivity index (χ3n) is 3.74. The summed E-state index contributed by atoms with van der Waals surface area (Å²) in [6.07, 6.45) is -0.740. The fourth-order valence-corrected chi connectivity index (χ4v) is 2.74. The van der Waals surface area contributed by atoms with E-state index in [-0.39, 0.29) is 0 Å². The van der Waals surface area contributed by atoms with E-state index in [4.69, 9.17) is 0 Å². The molecule has 3 N–H and O–H groups in total. The Morgan fingerprint density at radius 3 is 1.90 bits per heavy atom. The molecular weight excluding hydrogens is 252 g/mol. The van der Waals surface area contributed by atoms with E-state index in [1.54, 1.807) is 0 Å². The number of hydrogen-bond donors (Lipinski definition) is 3. The molecule has 1 saturated heterocycles. The highest BCUT2D eigenvalue weighted by atomic mass is 16.4. The van der Waals surface area contributed by atoms with Gasteiger partial charge in [0.1, 0.15) is 0 Å². The van der Waals surface area contributed by atoms with Crippen LogP contribution < -0.4 is 10.6 Å². The standard InChI is InChI=1S/C16H16N2O2/c19-15(20)14-17-11-16(18-14,12-7-3-1-4-8-12)13-9-5-2-6-10-13/h1-10,14,17-18H,11H2,(H,19,20). The molecule has 0 amide bonds. The Balaban J connectivity index is 2.08. The van der Waals surface area contributed by atoms with Crippen molar-refractivity contribution in [3.05, 3.63) is 71.8 Å². The van der Waals surface area contributed by atoms with E-state index in [0.29, 0.717) is 6.54 Å². The van der Waals surface area contributed by atoms with Gasteiger partial charge < -0.3 is 5.11 Å². The molecule has 0 aliphatic carbocycles. The van der Waals surface area contributed by atoms with Crippen molar-refractivity contribution in [2.45, 2.75) is 11.7 Å². The Labute approximate surface area is 117 Å². The molecule has 0 spiro atoms. The van der Waals surface area contributed by atoms with Gasteiger partial charge in [0.15, 0.2) is 6.17 Å². The van der Waals surface area contributed by atoms with Crippen molar-refractivity contribution in [1.29, 1.82) is 0 Å².